The number of aryl methyl sites for hydroxylation is 1. The van der Waals surface area contributed by atoms with E-state index in [1.807, 2.05) is 25.1 Å². The van der Waals surface area contributed by atoms with Crippen molar-refractivity contribution in [1.82, 2.24) is 0 Å². The van der Waals surface area contributed by atoms with Crippen LogP contribution in [0.3, 0.4) is 0 Å². The Hall–Kier alpha value is -1.16. The first-order chi connectivity index (χ1) is 8.99. The number of nitrogens with zero attached hydrogens (tertiary/aromatic N) is 1. The van der Waals surface area contributed by atoms with Crippen LogP contribution in [0.5, 0.6) is 0 Å². The van der Waals surface area contributed by atoms with E-state index in [0.29, 0.717) is 5.92 Å². The molecule has 1 aromatic carbocycles. The van der Waals surface area contributed by atoms with Gasteiger partial charge in [-0.15, -0.1) is 0 Å². The van der Waals surface area contributed by atoms with Crippen molar-refractivity contribution in [2.45, 2.75) is 26.7 Å². The Morgan fingerprint density at radius 3 is 2.26 bits per heavy atom. The molecule has 2 fully saturated rings. The first kappa shape index (κ1) is 12.9. The third kappa shape index (κ3) is 1.93. The number of carbonyl (C=O) groups is 2. The number of imide groups is 1. The number of hydrogen-bond acceptors (Lipinski definition) is 2. The fraction of sp³-hybridized carbons (Fsp3) is 0.467. The molecule has 0 aromatic heterocycles. The molecule has 100 valence electrons. The molecule has 4 heteroatoms. The van der Waals surface area contributed by atoms with Crippen molar-refractivity contribution < 1.29 is 9.59 Å². The predicted molar refractivity (Wildman–Crippen MR) is 76.8 cm³/mol. The first-order valence-corrected chi connectivity index (χ1v) is 7.42. The van der Waals surface area contributed by atoms with E-state index in [4.69, 9.17) is 0 Å². The highest BCUT2D eigenvalue weighted by Gasteiger charge is 2.52. The summed E-state index contributed by atoms with van der Waals surface area (Å²) in [5.41, 5.74) is 1.68. The standard InChI is InChI=1S/C15H16BrNO2/c1-8-5-11-12(6-8)15(19)17(14(11)18)13-4-3-10(16)7-9(13)2/h3-4,7-8,11-12H,5-6H2,1-2H3. The van der Waals surface area contributed by atoms with Gasteiger partial charge in [-0.2, -0.15) is 0 Å². The van der Waals surface area contributed by atoms with Gasteiger partial charge < -0.3 is 0 Å². The van der Waals surface area contributed by atoms with Crippen molar-refractivity contribution >= 4 is 33.4 Å². The van der Waals surface area contributed by atoms with E-state index < -0.39 is 0 Å². The van der Waals surface area contributed by atoms with Crippen LogP contribution in [0.1, 0.15) is 25.3 Å². The molecule has 0 bridgehead atoms. The molecule has 3 nitrogen and oxygen atoms in total. The molecular formula is C15H16BrNO2. The molecule has 0 radical (unpaired) electrons. The number of anilines is 1. The second kappa shape index (κ2) is 4.44. The highest BCUT2D eigenvalue weighted by Crippen LogP contribution is 2.44. The number of rotatable bonds is 1. The fourth-order valence-corrected chi connectivity index (χ4v) is 3.86. The van der Waals surface area contributed by atoms with Crippen molar-refractivity contribution in [3.05, 3.63) is 28.2 Å². The van der Waals surface area contributed by atoms with E-state index in [1.54, 1.807) is 0 Å². The normalized spacial score (nSPS) is 30.1. The summed E-state index contributed by atoms with van der Waals surface area (Å²) < 4.78 is 0.960. The van der Waals surface area contributed by atoms with Gasteiger partial charge in [0, 0.05) is 4.47 Å². The summed E-state index contributed by atoms with van der Waals surface area (Å²) in [6.45, 7) is 4.05. The maximum Gasteiger partial charge on any atom is 0.237 e. The second-order valence-corrected chi connectivity index (χ2v) is 6.65. The lowest BCUT2D eigenvalue weighted by molar-refractivity contribution is -0.123. The fourth-order valence-electron chi connectivity index (χ4n) is 3.39. The van der Waals surface area contributed by atoms with E-state index in [2.05, 4.69) is 22.9 Å². The topological polar surface area (TPSA) is 37.4 Å². The van der Waals surface area contributed by atoms with Gasteiger partial charge in [-0.3, -0.25) is 9.59 Å². The molecule has 19 heavy (non-hydrogen) atoms. The van der Waals surface area contributed by atoms with Gasteiger partial charge >= 0.3 is 0 Å². The van der Waals surface area contributed by atoms with Gasteiger partial charge in [-0.1, -0.05) is 22.9 Å². The zero-order valence-electron chi connectivity index (χ0n) is 11.0. The first-order valence-electron chi connectivity index (χ1n) is 6.63. The zero-order chi connectivity index (χ0) is 13.7. The number of benzene rings is 1. The molecule has 1 aliphatic heterocycles. The number of hydrogen-bond donors (Lipinski definition) is 0. The molecule has 2 aliphatic rings. The Bertz CT molecular complexity index is 545. The molecule has 2 atom stereocenters. The summed E-state index contributed by atoms with van der Waals surface area (Å²) in [6, 6.07) is 5.66. The van der Waals surface area contributed by atoms with Crippen LogP contribution in [-0.2, 0) is 9.59 Å². The van der Waals surface area contributed by atoms with Crippen LogP contribution >= 0.6 is 15.9 Å². The Labute approximate surface area is 121 Å². The largest absolute Gasteiger partial charge is 0.274 e. The summed E-state index contributed by atoms with van der Waals surface area (Å²) in [5.74, 6) is 0.279. The molecule has 3 rings (SSSR count). The molecular weight excluding hydrogens is 306 g/mol. The third-order valence-corrected chi connectivity index (χ3v) is 4.77. The number of amides is 2. The smallest absolute Gasteiger partial charge is 0.237 e. The maximum atomic E-state index is 12.5. The van der Waals surface area contributed by atoms with E-state index in [-0.39, 0.29) is 23.7 Å². The molecule has 1 aliphatic carbocycles. The SMILES string of the molecule is Cc1cc(Br)ccc1N1C(=O)C2CC(C)CC2C1=O. The summed E-state index contributed by atoms with van der Waals surface area (Å²) >= 11 is 3.40. The van der Waals surface area contributed by atoms with Crippen molar-refractivity contribution in [3.63, 3.8) is 0 Å². The lowest BCUT2D eigenvalue weighted by Gasteiger charge is -2.19. The van der Waals surface area contributed by atoms with Gasteiger partial charge in [-0.25, -0.2) is 4.90 Å². The number of carbonyl (C=O) groups excluding carboxylic acids is 2. The number of fused-ring (bicyclic) bond motifs is 1. The second-order valence-electron chi connectivity index (χ2n) is 5.73. The summed E-state index contributed by atoms with van der Waals surface area (Å²) in [7, 11) is 0. The van der Waals surface area contributed by atoms with Gasteiger partial charge in [0.25, 0.3) is 0 Å². The number of halogens is 1. The van der Waals surface area contributed by atoms with E-state index >= 15 is 0 Å². The molecule has 0 N–H and O–H groups in total. The van der Waals surface area contributed by atoms with E-state index in [9.17, 15) is 9.59 Å². The molecule has 2 unspecified atom stereocenters. The molecule has 1 saturated carbocycles. The molecule has 1 heterocycles. The lowest BCUT2D eigenvalue weighted by atomic mass is 10.00. The summed E-state index contributed by atoms with van der Waals surface area (Å²) in [5, 5.41) is 0. The van der Waals surface area contributed by atoms with Gasteiger partial charge in [-0.05, 0) is 49.4 Å². The van der Waals surface area contributed by atoms with Crippen LogP contribution in [0.25, 0.3) is 0 Å². The van der Waals surface area contributed by atoms with Gasteiger partial charge in [0.2, 0.25) is 11.8 Å². The van der Waals surface area contributed by atoms with Crippen molar-refractivity contribution in [2.24, 2.45) is 17.8 Å². The Morgan fingerprint density at radius 1 is 1.16 bits per heavy atom. The van der Waals surface area contributed by atoms with Crippen molar-refractivity contribution in [3.8, 4) is 0 Å². The van der Waals surface area contributed by atoms with Gasteiger partial charge in [0.1, 0.15) is 0 Å². The summed E-state index contributed by atoms with van der Waals surface area (Å²) in [4.78, 5) is 26.4. The van der Waals surface area contributed by atoms with Crippen LogP contribution in [-0.4, -0.2) is 11.8 Å². The molecule has 1 saturated heterocycles. The Kier molecular flexibility index (Phi) is 3.01. The monoisotopic (exact) mass is 321 g/mol. The van der Waals surface area contributed by atoms with Crippen LogP contribution in [0.15, 0.2) is 22.7 Å². The average molecular weight is 322 g/mol. The third-order valence-electron chi connectivity index (χ3n) is 4.27. The van der Waals surface area contributed by atoms with Crippen LogP contribution in [0.2, 0.25) is 0 Å². The summed E-state index contributed by atoms with van der Waals surface area (Å²) in [6.07, 6.45) is 1.70. The molecule has 1 aromatic rings. The zero-order valence-corrected chi connectivity index (χ0v) is 12.6. The molecule has 0 spiro atoms. The Morgan fingerprint density at radius 2 is 1.74 bits per heavy atom. The van der Waals surface area contributed by atoms with Crippen LogP contribution in [0, 0.1) is 24.7 Å². The van der Waals surface area contributed by atoms with Crippen molar-refractivity contribution in [2.75, 3.05) is 4.90 Å². The minimum Gasteiger partial charge on any atom is -0.274 e. The lowest BCUT2D eigenvalue weighted by Crippen LogP contribution is -2.32. The maximum absolute atomic E-state index is 12.5. The van der Waals surface area contributed by atoms with E-state index in [0.717, 1.165) is 28.6 Å². The minimum absolute atomic E-state index is 0.00947. The van der Waals surface area contributed by atoms with Crippen LogP contribution < -0.4 is 4.90 Å². The highest BCUT2D eigenvalue weighted by atomic mass is 79.9. The Balaban J connectivity index is 1.99. The van der Waals surface area contributed by atoms with Crippen molar-refractivity contribution in [1.29, 1.82) is 0 Å². The average Bonchev–Trinajstić information content (AvgIpc) is 2.82. The quantitative estimate of drug-likeness (QED) is 0.744. The predicted octanol–water partition coefficient (Wildman–Crippen LogP) is 3.29. The van der Waals surface area contributed by atoms with Gasteiger partial charge in [0.05, 0.1) is 17.5 Å². The molecule has 2 amide bonds. The van der Waals surface area contributed by atoms with Crippen LogP contribution in [0.4, 0.5) is 5.69 Å². The van der Waals surface area contributed by atoms with Gasteiger partial charge in [0.15, 0.2) is 0 Å². The highest BCUT2D eigenvalue weighted by molar-refractivity contribution is 9.10. The van der Waals surface area contributed by atoms with E-state index in [1.165, 1.54) is 4.90 Å². The minimum atomic E-state index is -0.0921.